The molecule has 4 rings (SSSR count). The number of carbonyl (C=O) groups excluding carboxylic acids is 1. The quantitative estimate of drug-likeness (QED) is 0.226. The van der Waals surface area contributed by atoms with Gasteiger partial charge < -0.3 is 14.6 Å². The molecule has 0 bridgehead atoms. The van der Waals surface area contributed by atoms with Gasteiger partial charge in [0.1, 0.15) is 6.61 Å². The Morgan fingerprint density at radius 1 is 1.14 bits per heavy atom. The number of rotatable bonds is 8. The summed E-state index contributed by atoms with van der Waals surface area (Å²) in [5.41, 5.74) is 3.65. The first-order valence-electron chi connectivity index (χ1n) is 11.5. The molecular formula is C28H25IN2O5S. The molecule has 1 N–H and O–H groups in total. The zero-order valence-electron chi connectivity index (χ0n) is 20.5. The number of likely N-dealkylation sites (N-methyl/N-ethyl adjacent to an activating group) is 1. The number of nitrogens with zero attached hydrogens (tertiary/aromatic N) is 2. The van der Waals surface area contributed by atoms with E-state index in [-0.39, 0.29) is 11.5 Å². The molecule has 0 saturated carbocycles. The molecule has 7 nitrogen and oxygen atoms in total. The van der Waals surface area contributed by atoms with Crippen molar-refractivity contribution in [2.75, 3.05) is 13.7 Å². The van der Waals surface area contributed by atoms with Crippen molar-refractivity contribution in [2.24, 2.45) is 4.99 Å². The van der Waals surface area contributed by atoms with Crippen molar-refractivity contribution in [1.82, 2.24) is 4.90 Å². The van der Waals surface area contributed by atoms with Crippen LogP contribution in [0.25, 0.3) is 6.08 Å². The van der Waals surface area contributed by atoms with E-state index in [1.807, 2.05) is 38.1 Å². The lowest BCUT2D eigenvalue weighted by Crippen LogP contribution is -2.23. The molecular weight excluding hydrogens is 603 g/mol. The summed E-state index contributed by atoms with van der Waals surface area (Å²) in [7, 11) is 1.65. The predicted molar refractivity (Wildman–Crippen MR) is 155 cm³/mol. The van der Waals surface area contributed by atoms with Crippen LogP contribution in [0.3, 0.4) is 0 Å². The van der Waals surface area contributed by atoms with Gasteiger partial charge in [-0.25, -0.2) is 9.79 Å². The molecule has 1 aliphatic heterocycles. The molecule has 3 aromatic rings. The SMILES string of the molecule is CCOc1cc(C=C2SC(=Nc3cccc(C(=O)O)c3)N(C)C2=O)cc(I)c1OCc1ccc(C)cc1. The van der Waals surface area contributed by atoms with Gasteiger partial charge in [0, 0.05) is 7.05 Å². The van der Waals surface area contributed by atoms with Crippen molar-refractivity contribution in [3.05, 3.63) is 91.4 Å². The molecule has 0 unspecified atom stereocenters. The molecule has 37 heavy (non-hydrogen) atoms. The maximum Gasteiger partial charge on any atom is 0.335 e. The molecule has 3 aromatic carbocycles. The van der Waals surface area contributed by atoms with Gasteiger partial charge in [-0.3, -0.25) is 9.69 Å². The van der Waals surface area contributed by atoms with Crippen molar-refractivity contribution < 1.29 is 24.2 Å². The van der Waals surface area contributed by atoms with Crippen LogP contribution >= 0.6 is 34.4 Å². The van der Waals surface area contributed by atoms with Crippen LogP contribution < -0.4 is 9.47 Å². The highest BCUT2D eigenvalue weighted by molar-refractivity contribution is 14.1. The average molecular weight is 628 g/mol. The van der Waals surface area contributed by atoms with E-state index in [1.54, 1.807) is 25.3 Å². The monoisotopic (exact) mass is 628 g/mol. The van der Waals surface area contributed by atoms with Crippen molar-refractivity contribution >= 4 is 63.2 Å². The van der Waals surface area contributed by atoms with Gasteiger partial charge >= 0.3 is 5.97 Å². The first kappa shape index (κ1) is 26.7. The standard InChI is InChI=1S/C28H25IN2O5S/c1-4-35-23-13-19(12-22(29)25(23)36-16-18-10-8-17(2)9-11-18)14-24-26(32)31(3)28(37-24)30-21-7-5-6-20(15-21)27(33)34/h5-15H,4,16H2,1-3H3,(H,33,34). The number of amidine groups is 1. The Labute approximate surface area is 233 Å². The van der Waals surface area contributed by atoms with E-state index in [0.717, 1.165) is 14.7 Å². The van der Waals surface area contributed by atoms with E-state index in [0.29, 0.717) is 40.5 Å². The van der Waals surface area contributed by atoms with Gasteiger partial charge in [-0.1, -0.05) is 35.9 Å². The third-order valence-corrected chi connectivity index (χ3v) is 7.32. The summed E-state index contributed by atoms with van der Waals surface area (Å²) >= 11 is 3.45. The fourth-order valence-electron chi connectivity index (χ4n) is 3.54. The third-order valence-electron chi connectivity index (χ3n) is 5.45. The minimum atomic E-state index is -1.03. The number of halogens is 1. The van der Waals surface area contributed by atoms with E-state index in [9.17, 15) is 14.7 Å². The van der Waals surface area contributed by atoms with Gasteiger partial charge in [0.15, 0.2) is 16.7 Å². The van der Waals surface area contributed by atoms with Crippen LogP contribution in [-0.2, 0) is 11.4 Å². The summed E-state index contributed by atoms with van der Waals surface area (Å²) in [4.78, 5) is 30.7. The molecule has 0 aliphatic carbocycles. The molecule has 0 spiro atoms. The third kappa shape index (κ3) is 6.53. The lowest BCUT2D eigenvalue weighted by Gasteiger charge is -2.15. The number of amides is 1. The van der Waals surface area contributed by atoms with Crippen LogP contribution in [0.1, 0.15) is 34.0 Å². The Kier molecular flexibility index (Phi) is 8.55. The van der Waals surface area contributed by atoms with Crippen LogP contribution in [0.5, 0.6) is 11.5 Å². The second kappa shape index (κ2) is 11.8. The lowest BCUT2D eigenvalue weighted by molar-refractivity contribution is -0.121. The minimum Gasteiger partial charge on any atom is -0.490 e. The van der Waals surface area contributed by atoms with Gasteiger partial charge in [0.2, 0.25) is 0 Å². The number of ether oxygens (including phenoxy) is 2. The summed E-state index contributed by atoms with van der Waals surface area (Å²) in [6.45, 7) is 4.85. The summed E-state index contributed by atoms with van der Waals surface area (Å²) < 4.78 is 12.9. The lowest BCUT2D eigenvalue weighted by atomic mass is 10.1. The Morgan fingerprint density at radius 3 is 2.59 bits per heavy atom. The smallest absolute Gasteiger partial charge is 0.335 e. The molecule has 0 aromatic heterocycles. The van der Waals surface area contributed by atoms with Crippen LogP contribution in [0.15, 0.2) is 70.6 Å². The van der Waals surface area contributed by atoms with Gasteiger partial charge in [-0.05, 0) is 95.7 Å². The summed E-state index contributed by atoms with van der Waals surface area (Å²) in [5.74, 6) is 0.0488. The zero-order valence-corrected chi connectivity index (χ0v) is 23.5. The number of hydrogen-bond acceptors (Lipinski definition) is 6. The number of carboxylic acids is 1. The number of aromatic carboxylic acids is 1. The van der Waals surface area contributed by atoms with E-state index < -0.39 is 5.97 Å². The summed E-state index contributed by atoms with van der Waals surface area (Å²) in [6, 6.07) is 18.3. The number of benzene rings is 3. The highest BCUT2D eigenvalue weighted by Gasteiger charge is 2.30. The topological polar surface area (TPSA) is 88.4 Å². The number of hydrogen-bond donors (Lipinski definition) is 1. The number of thioether (sulfide) groups is 1. The maximum atomic E-state index is 12.9. The Balaban J connectivity index is 1.59. The first-order valence-corrected chi connectivity index (χ1v) is 13.4. The maximum absolute atomic E-state index is 12.9. The number of aryl methyl sites for hydroxylation is 1. The number of carboxylic acid groups (broad SMARTS) is 1. The van der Waals surface area contributed by atoms with Gasteiger partial charge in [-0.15, -0.1) is 0 Å². The van der Waals surface area contributed by atoms with Crippen LogP contribution in [-0.4, -0.2) is 40.7 Å². The molecule has 9 heteroatoms. The second-order valence-corrected chi connectivity index (χ2v) is 10.4. The average Bonchev–Trinajstić information content (AvgIpc) is 3.12. The molecule has 1 fully saturated rings. The van der Waals surface area contributed by atoms with E-state index in [2.05, 4.69) is 39.7 Å². The largest absolute Gasteiger partial charge is 0.490 e. The summed E-state index contributed by atoms with van der Waals surface area (Å²) in [5, 5.41) is 9.70. The van der Waals surface area contributed by atoms with Gasteiger partial charge in [0.05, 0.1) is 26.3 Å². The molecule has 1 saturated heterocycles. The van der Waals surface area contributed by atoms with Crippen LogP contribution in [0.4, 0.5) is 5.69 Å². The first-order chi connectivity index (χ1) is 17.7. The molecule has 190 valence electrons. The van der Waals surface area contributed by atoms with Crippen LogP contribution in [0.2, 0.25) is 0 Å². The highest BCUT2D eigenvalue weighted by Crippen LogP contribution is 2.38. The van der Waals surface area contributed by atoms with Crippen molar-refractivity contribution in [3.8, 4) is 11.5 Å². The molecule has 1 heterocycles. The zero-order chi connectivity index (χ0) is 26.5. The van der Waals surface area contributed by atoms with Crippen molar-refractivity contribution in [2.45, 2.75) is 20.5 Å². The number of carbonyl (C=O) groups is 2. The molecule has 0 atom stereocenters. The fraction of sp³-hybridized carbons (Fsp3) is 0.179. The highest BCUT2D eigenvalue weighted by atomic mass is 127. The number of aliphatic imine (C=N–C) groups is 1. The molecule has 1 amide bonds. The normalized spacial score (nSPS) is 15.5. The van der Waals surface area contributed by atoms with Crippen LogP contribution in [0, 0.1) is 10.5 Å². The Morgan fingerprint density at radius 2 is 1.89 bits per heavy atom. The molecule has 1 aliphatic rings. The van der Waals surface area contributed by atoms with Crippen molar-refractivity contribution in [1.29, 1.82) is 0 Å². The Bertz CT molecular complexity index is 1400. The second-order valence-electron chi connectivity index (χ2n) is 8.26. The van der Waals surface area contributed by atoms with E-state index in [1.165, 1.54) is 34.4 Å². The predicted octanol–water partition coefficient (Wildman–Crippen LogP) is 6.51. The van der Waals surface area contributed by atoms with Crippen molar-refractivity contribution in [3.63, 3.8) is 0 Å². The molecule has 0 radical (unpaired) electrons. The van der Waals surface area contributed by atoms with Gasteiger partial charge in [0.25, 0.3) is 5.91 Å². The fourth-order valence-corrected chi connectivity index (χ4v) is 5.30. The van der Waals surface area contributed by atoms with Gasteiger partial charge in [-0.2, -0.15) is 0 Å². The van der Waals surface area contributed by atoms with E-state index in [4.69, 9.17) is 9.47 Å². The van der Waals surface area contributed by atoms with E-state index >= 15 is 0 Å². The minimum absolute atomic E-state index is 0.136. The summed E-state index contributed by atoms with van der Waals surface area (Å²) in [6.07, 6.45) is 1.80. The Hall–Kier alpha value is -3.31.